The van der Waals surface area contributed by atoms with E-state index in [0.29, 0.717) is 5.56 Å². The van der Waals surface area contributed by atoms with Gasteiger partial charge in [-0.15, -0.1) is 0 Å². The Labute approximate surface area is 145 Å². The van der Waals surface area contributed by atoms with E-state index in [-0.39, 0.29) is 23.7 Å². The summed E-state index contributed by atoms with van der Waals surface area (Å²) in [6, 6.07) is 6.67. The summed E-state index contributed by atoms with van der Waals surface area (Å²) in [5, 5.41) is 21.6. The highest BCUT2D eigenvalue weighted by molar-refractivity contribution is 7.92. The predicted octanol–water partition coefficient (Wildman–Crippen LogP) is 2.33. The number of nitro benzene ring substituents is 2. The van der Waals surface area contributed by atoms with Crippen LogP contribution in [0, 0.1) is 26.0 Å². The van der Waals surface area contributed by atoms with Crippen molar-refractivity contribution in [1.82, 2.24) is 0 Å². The number of ether oxygens (including phenoxy) is 1. The van der Waals surface area contributed by atoms with Crippen molar-refractivity contribution in [3.05, 3.63) is 68.0 Å². The van der Waals surface area contributed by atoms with Crippen LogP contribution in [0.25, 0.3) is 0 Å². The average Bonchev–Trinajstić information content (AvgIpc) is 2.57. The van der Waals surface area contributed by atoms with Crippen molar-refractivity contribution < 1.29 is 27.4 Å². The van der Waals surface area contributed by atoms with E-state index < -0.39 is 37.3 Å². The molecule has 10 nitrogen and oxygen atoms in total. The molecule has 0 fully saturated rings. The Morgan fingerprint density at radius 1 is 1.12 bits per heavy atom. The molecule has 12 heteroatoms. The zero-order chi connectivity index (χ0) is 19.1. The van der Waals surface area contributed by atoms with Crippen LogP contribution in [0.1, 0.15) is 5.56 Å². The summed E-state index contributed by atoms with van der Waals surface area (Å²) in [5.74, 6) is -2.06. The van der Waals surface area contributed by atoms with Gasteiger partial charge in [-0.1, -0.05) is 12.1 Å². The summed E-state index contributed by atoms with van der Waals surface area (Å²) in [6.45, 7) is -0.251. The normalized spacial score (nSPS) is 15.0. The lowest BCUT2D eigenvalue weighted by atomic mass is 10.2. The van der Waals surface area contributed by atoms with Gasteiger partial charge >= 0.3 is 5.69 Å². The Morgan fingerprint density at radius 2 is 1.77 bits per heavy atom. The van der Waals surface area contributed by atoms with Crippen LogP contribution in [-0.2, 0) is 16.6 Å². The molecule has 1 aliphatic heterocycles. The first-order valence-corrected chi connectivity index (χ1v) is 8.64. The largest absolute Gasteiger partial charge is 0.473 e. The number of rotatable bonds is 4. The molecule has 1 heterocycles. The lowest BCUT2D eigenvalue weighted by Gasteiger charge is -2.30. The molecule has 0 aromatic heterocycles. The third kappa shape index (κ3) is 3.13. The number of halogens is 1. The van der Waals surface area contributed by atoms with Gasteiger partial charge in [0.15, 0.2) is 0 Å². The number of benzene rings is 2. The average molecular weight is 383 g/mol. The fraction of sp³-hybridized carbons (Fsp3) is 0.143. The predicted molar refractivity (Wildman–Crippen MR) is 86.7 cm³/mol. The standard InChI is InChI=1S/C14H10FN3O7S/c15-11-5-14-13(6-12(11)18(21)22)16(26(23,24)8-25-14)7-9-1-3-10(4-2-9)17(19)20/h1-6H,7-8H2. The molecule has 3 rings (SSSR count). The minimum atomic E-state index is -3.98. The zero-order valence-electron chi connectivity index (χ0n) is 12.9. The van der Waals surface area contributed by atoms with Crippen LogP contribution in [0.5, 0.6) is 5.75 Å². The lowest BCUT2D eigenvalue weighted by molar-refractivity contribution is -0.387. The first-order valence-electron chi connectivity index (χ1n) is 7.03. The molecule has 0 saturated heterocycles. The van der Waals surface area contributed by atoms with Crippen LogP contribution >= 0.6 is 0 Å². The van der Waals surface area contributed by atoms with Gasteiger partial charge in [-0.05, 0) is 5.56 Å². The van der Waals surface area contributed by atoms with Crippen molar-refractivity contribution in [2.24, 2.45) is 0 Å². The van der Waals surface area contributed by atoms with Crippen LogP contribution in [-0.4, -0.2) is 24.2 Å². The van der Waals surface area contributed by atoms with Gasteiger partial charge in [0.1, 0.15) is 11.4 Å². The molecule has 0 amide bonds. The molecule has 26 heavy (non-hydrogen) atoms. The van der Waals surface area contributed by atoms with Crippen molar-refractivity contribution in [1.29, 1.82) is 0 Å². The van der Waals surface area contributed by atoms with Crippen molar-refractivity contribution in [3.8, 4) is 5.75 Å². The summed E-state index contributed by atoms with van der Waals surface area (Å²) in [6.07, 6.45) is 0. The number of nitro groups is 2. The van der Waals surface area contributed by atoms with Crippen molar-refractivity contribution in [2.75, 3.05) is 10.2 Å². The van der Waals surface area contributed by atoms with E-state index >= 15 is 0 Å². The second-order valence-electron chi connectivity index (χ2n) is 5.33. The van der Waals surface area contributed by atoms with E-state index in [2.05, 4.69) is 0 Å². The number of hydrogen-bond donors (Lipinski definition) is 0. The van der Waals surface area contributed by atoms with Crippen LogP contribution in [0.3, 0.4) is 0 Å². The van der Waals surface area contributed by atoms with Gasteiger partial charge in [0.25, 0.3) is 15.7 Å². The van der Waals surface area contributed by atoms with E-state index in [1.165, 1.54) is 24.3 Å². The molecule has 0 saturated carbocycles. The highest BCUT2D eigenvalue weighted by Gasteiger charge is 2.34. The van der Waals surface area contributed by atoms with Crippen molar-refractivity contribution in [3.63, 3.8) is 0 Å². The van der Waals surface area contributed by atoms with Gasteiger partial charge in [-0.2, -0.15) is 4.39 Å². The molecule has 0 bridgehead atoms. The number of sulfonamides is 1. The number of non-ortho nitro benzene ring substituents is 1. The number of anilines is 1. The lowest BCUT2D eigenvalue weighted by Crippen LogP contribution is -2.38. The second-order valence-corrected chi connectivity index (χ2v) is 7.17. The molecule has 136 valence electrons. The van der Waals surface area contributed by atoms with E-state index in [9.17, 15) is 33.0 Å². The smallest absolute Gasteiger partial charge is 0.307 e. The third-order valence-electron chi connectivity index (χ3n) is 3.67. The zero-order valence-corrected chi connectivity index (χ0v) is 13.7. The molecule has 0 unspecified atom stereocenters. The summed E-state index contributed by atoms with van der Waals surface area (Å²) in [4.78, 5) is 20.0. The number of nitrogens with zero attached hydrogens (tertiary/aromatic N) is 3. The summed E-state index contributed by atoms with van der Waals surface area (Å²) in [5.41, 5.74) is -0.837. The Bertz CT molecular complexity index is 1010. The van der Waals surface area contributed by atoms with E-state index in [4.69, 9.17) is 4.74 Å². The Morgan fingerprint density at radius 3 is 2.35 bits per heavy atom. The van der Waals surface area contributed by atoms with Crippen LogP contribution in [0.4, 0.5) is 21.5 Å². The van der Waals surface area contributed by atoms with Gasteiger partial charge in [-0.3, -0.25) is 24.5 Å². The summed E-state index contributed by atoms with van der Waals surface area (Å²) >= 11 is 0. The van der Waals surface area contributed by atoms with E-state index in [1.807, 2.05) is 0 Å². The molecule has 0 radical (unpaired) electrons. The Hall–Kier alpha value is -3.28. The maximum atomic E-state index is 13.7. The molecule has 0 atom stereocenters. The highest BCUT2D eigenvalue weighted by atomic mass is 32.2. The fourth-order valence-electron chi connectivity index (χ4n) is 2.41. The van der Waals surface area contributed by atoms with Crippen LogP contribution in [0.2, 0.25) is 0 Å². The second kappa shape index (κ2) is 6.22. The SMILES string of the molecule is O=[N+]([O-])c1ccc(CN2c3cc([N+](=O)[O-])c(F)cc3OCS2(=O)=O)cc1. The first kappa shape index (κ1) is 17.5. The molecular weight excluding hydrogens is 373 g/mol. The molecule has 0 spiro atoms. The topological polar surface area (TPSA) is 133 Å². The minimum Gasteiger partial charge on any atom is -0.473 e. The van der Waals surface area contributed by atoms with Gasteiger partial charge in [-0.25, -0.2) is 8.42 Å². The van der Waals surface area contributed by atoms with E-state index in [0.717, 1.165) is 16.4 Å². The van der Waals surface area contributed by atoms with Crippen LogP contribution in [0.15, 0.2) is 36.4 Å². The van der Waals surface area contributed by atoms with Gasteiger partial charge in [0, 0.05) is 24.3 Å². The molecule has 2 aromatic carbocycles. The summed E-state index contributed by atoms with van der Waals surface area (Å²) in [7, 11) is -3.98. The van der Waals surface area contributed by atoms with Gasteiger partial charge in [0.05, 0.1) is 16.4 Å². The van der Waals surface area contributed by atoms with Crippen molar-refractivity contribution in [2.45, 2.75) is 6.54 Å². The molecule has 2 aromatic rings. The van der Waals surface area contributed by atoms with Crippen molar-refractivity contribution >= 4 is 27.1 Å². The number of hydrogen-bond acceptors (Lipinski definition) is 7. The molecule has 0 aliphatic carbocycles. The third-order valence-corrected chi connectivity index (χ3v) is 5.08. The maximum Gasteiger partial charge on any atom is 0.307 e. The van der Waals surface area contributed by atoms with Gasteiger partial charge in [0.2, 0.25) is 11.8 Å². The van der Waals surface area contributed by atoms with Gasteiger partial charge < -0.3 is 4.74 Å². The highest BCUT2D eigenvalue weighted by Crippen LogP contribution is 2.40. The fourth-order valence-corrected chi connectivity index (χ4v) is 3.60. The van der Waals surface area contributed by atoms with E-state index in [1.54, 1.807) is 0 Å². The quantitative estimate of drug-likeness (QED) is 0.584. The maximum absolute atomic E-state index is 13.7. The Kier molecular flexibility index (Phi) is 4.20. The molecular formula is C14H10FN3O7S. The first-order chi connectivity index (χ1) is 12.2. The molecule has 0 N–H and O–H groups in total. The number of fused-ring (bicyclic) bond motifs is 1. The van der Waals surface area contributed by atoms with Crippen LogP contribution < -0.4 is 9.04 Å². The monoisotopic (exact) mass is 383 g/mol. The minimum absolute atomic E-state index is 0.148. The Balaban J connectivity index is 2.04. The summed E-state index contributed by atoms with van der Waals surface area (Å²) < 4.78 is 44.2. The molecule has 1 aliphatic rings.